The zero-order valence-electron chi connectivity index (χ0n) is 10.4. The quantitative estimate of drug-likeness (QED) is 0.813. The van der Waals surface area contributed by atoms with Crippen LogP contribution in [-0.2, 0) is 0 Å². The number of nitrogens with two attached hydrogens (primary N) is 1. The van der Waals surface area contributed by atoms with E-state index in [1.165, 1.54) is 17.9 Å². The number of thiocarbonyl (C=S) groups is 1. The average Bonchev–Trinajstić information content (AvgIpc) is 2.88. The van der Waals surface area contributed by atoms with Crippen molar-refractivity contribution in [2.45, 2.75) is 6.42 Å². The fourth-order valence-corrected chi connectivity index (χ4v) is 3.47. The van der Waals surface area contributed by atoms with Gasteiger partial charge in [-0.3, -0.25) is 0 Å². The second-order valence-electron chi connectivity index (χ2n) is 4.39. The standard InChI is InChI=1S/C13H18N2OS2/c1-16-10-2-3-11(13(14)17)12(6-10)15-7-9-4-5-18-8-9/h2-3,6,9,15H,4-5,7-8H2,1H3,(H2,14,17). The van der Waals surface area contributed by atoms with E-state index in [1.807, 2.05) is 30.0 Å². The van der Waals surface area contributed by atoms with Crippen molar-refractivity contribution < 1.29 is 4.74 Å². The number of ether oxygens (including phenoxy) is 1. The molecular formula is C13H18N2OS2. The van der Waals surface area contributed by atoms with Crippen LogP contribution in [0.4, 0.5) is 5.69 Å². The van der Waals surface area contributed by atoms with Crippen LogP contribution in [-0.4, -0.2) is 30.1 Å². The number of anilines is 1. The van der Waals surface area contributed by atoms with E-state index in [4.69, 9.17) is 22.7 Å². The summed E-state index contributed by atoms with van der Waals surface area (Å²) >= 11 is 7.09. The van der Waals surface area contributed by atoms with Crippen molar-refractivity contribution in [2.75, 3.05) is 30.5 Å². The van der Waals surface area contributed by atoms with Crippen LogP contribution in [0, 0.1) is 5.92 Å². The van der Waals surface area contributed by atoms with Crippen molar-refractivity contribution in [3.8, 4) is 5.75 Å². The lowest BCUT2D eigenvalue weighted by molar-refractivity contribution is 0.415. The Morgan fingerprint density at radius 3 is 3.06 bits per heavy atom. The number of rotatable bonds is 5. The van der Waals surface area contributed by atoms with E-state index >= 15 is 0 Å². The monoisotopic (exact) mass is 282 g/mol. The fraction of sp³-hybridized carbons (Fsp3) is 0.462. The van der Waals surface area contributed by atoms with Gasteiger partial charge in [-0.25, -0.2) is 0 Å². The molecular weight excluding hydrogens is 264 g/mol. The molecule has 0 aromatic heterocycles. The summed E-state index contributed by atoms with van der Waals surface area (Å²) in [5, 5.41) is 3.45. The van der Waals surface area contributed by atoms with Crippen molar-refractivity contribution in [3.63, 3.8) is 0 Å². The molecule has 0 bridgehead atoms. The third kappa shape index (κ3) is 3.29. The molecule has 0 aliphatic carbocycles. The van der Waals surface area contributed by atoms with Crippen LogP contribution >= 0.6 is 24.0 Å². The van der Waals surface area contributed by atoms with Gasteiger partial charge in [0.15, 0.2) is 0 Å². The minimum absolute atomic E-state index is 0.418. The van der Waals surface area contributed by atoms with Gasteiger partial charge in [0.25, 0.3) is 0 Å². The maximum Gasteiger partial charge on any atom is 0.120 e. The summed E-state index contributed by atoms with van der Waals surface area (Å²) in [5.41, 5.74) is 7.59. The van der Waals surface area contributed by atoms with Crippen LogP contribution in [0.5, 0.6) is 5.75 Å². The molecule has 0 saturated carbocycles. The second kappa shape index (κ2) is 6.29. The van der Waals surface area contributed by atoms with Gasteiger partial charge in [0, 0.05) is 23.9 Å². The highest BCUT2D eigenvalue weighted by molar-refractivity contribution is 7.99. The average molecular weight is 282 g/mol. The van der Waals surface area contributed by atoms with E-state index in [2.05, 4.69) is 5.32 Å². The molecule has 5 heteroatoms. The van der Waals surface area contributed by atoms with Crippen LogP contribution in [0.15, 0.2) is 18.2 Å². The first-order valence-electron chi connectivity index (χ1n) is 6.00. The lowest BCUT2D eigenvalue weighted by atomic mass is 10.1. The molecule has 1 aromatic carbocycles. The predicted octanol–water partition coefficient (Wildman–Crippen LogP) is 2.49. The van der Waals surface area contributed by atoms with Crippen LogP contribution in [0.3, 0.4) is 0 Å². The highest BCUT2D eigenvalue weighted by atomic mass is 32.2. The normalized spacial score (nSPS) is 18.6. The topological polar surface area (TPSA) is 47.3 Å². The van der Waals surface area contributed by atoms with Gasteiger partial charge in [-0.05, 0) is 36.0 Å². The van der Waals surface area contributed by atoms with Crippen molar-refractivity contribution in [1.29, 1.82) is 0 Å². The maximum absolute atomic E-state index is 5.74. The fourth-order valence-electron chi connectivity index (χ4n) is 2.01. The van der Waals surface area contributed by atoms with Crippen LogP contribution < -0.4 is 15.8 Å². The van der Waals surface area contributed by atoms with Crippen molar-refractivity contribution in [2.24, 2.45) is 11.7 Å². The molecule has 98 valence electrons. The van der Waals surface area contributed by atoms with Gasteiger partial charge in [-0.15, -0.1) is 0 Å². The Hall–Kier alpha value is -0.940. The van der Waals surface area contributed by atoms with E-state index in [0.717, 1.165) is 29.5 Å². The lowest BCUT2D eigenvalue weighted by Crippen LogP contribution is -2.17. The van der Waals surface area contributed by atoms with Gasteiger partial charge in [-0.1, -0.05) is 12.2 Å². The predicted molar refractivity (Wildman–Crippen MR) is 82.8 cm³/mol. The van der Waals surface area contributed by atoms with E-state index in [-0.39, 0.29) is 0 Å². The molecule has 3 nitrogen and oxygen atoms in total. The first-order chi connectivity index (χ1) is 8.70. The summed E-state index contributed by atoms with van der Waals surface area (Å²) in [5.74, 6) is 4.06. The number of benzene rings is 1. The molecule has 1 aromatic rings. The number of hydrogen-bond donors (Lipinski definition) is 2. The zero-order chi connectivity index (χ0) is 13.0. The Labute approximate surface area is 117 Å². The summed E-state index contributed by atoms with van der Waals surface area (Å²) in [4.78, 5) is 0.418. The molecule has 0 spiro atoms. The van der Waals surface area contributed by atoms with Gasteiger partial charge in [-0.2, -0.15) is 11.8 Å². The van der Waals surface area contributed by atoms with Gasteiger partial charge in [0.1, 0.15) is 10.7 Å². The summed E-state index contributed by atoms with van der Waals surface area (Å²) in [6.45, 7) is 0.968. The van der Waals surface area contributed by atoms with Gasteiger partial charge < -0.3 is 15.8 Å². The van der Waals surface area contributed by atoms with Crippen molar-refractivity contribution in [3.05, 3.63) is 23.8 Å². The van der Waals surface area contributed by atoms with E-state index in [1.54, 1.807) is 7.11 Å². The minimum Gasteiger partial charge on any atom is -0.497 e. The summed E-state index contributed by atoms with van der Waals surface area (Å²) < 4.78 is 5.23. The van der Waals surface area contributed by atoms with E-state index < -0.39 is 0 Å². The molecule has 1 fully saturated rings. The molecule has 0 radical (unpaired) electrons. The Bertz CT molecular complexity index is 431. The first kappa shape index (κ1) is 13.5. The Balaban J connectivity index is 2.10. The first-order valence-corrected chi connectivity index (χ1v) is 7.56. The largest absolute Gasteiger partial charge is 0.497 e. The lowest BCUT2D eigenvalue weighted by Gasteiger charge is -2.15. The van der Waals surface area contributed by atoms with Gasteiger partial charge in [0.2, 0.25) is 0 Å². The summed E-state index contributed by atoms with van der Waals surface area (Å²) in [6, 6.07) is 5.74. The van der Waals surface area contributed by atoms with E-state index in [9.17, 15) is 0 Å². The zero-order valence-corrected chi connectivity index (χ0v) is 12.1. The minimum atomic E-state index is 0.418. The molecule has 18 heavy (non-hydrogen) atoms. The van der Waals surface area contributed by atoms with Gasteiger partial charge in [0.05, 0.1) is 7.11 Å². The summed E-state index contributed by atoms with van der Waals surface area (Å²) in [6.07, 6.45) is 1.28. The molecule has 1 saturated heterocycles. The molecule has 1 aliphatic heterocycles. The number of methoxy groups -OCH3 is 1. The smallest absolute Gasteiger partial charge is 0.120 e. The summed E-state index contributed by atoms with van der Waals surface area (Å²) in [7, 11) is 1.66. The number of hydrogen-bond acceptors (Lipinski definition) is 4. The van der Waals surface area contributed by atoms with E-state index in [0.29, 0.717) is 4.99 Å². The Morgan fingerprint density at radius 2 is 2.44 bits per heavy atom. The molecule has 1 atom stereocenters. The maximum atomic E-state index is 5.74. The Kier molecular flexibility index (Phi) is 4.72. The number of thioether (sulfide) groups is 1. The van der Waals surface area contributed by atoms with Gasteiger partial charge >= 0.3 is 0 Å². The molecule has 0 amide bonds. The molecule has 1 heterocycles. The second-order valence-corrected chi connectivity index (χ2v) is 5.98. The molecule has 1 aliphatic rings. The van der Waals surface area contributed by atoms with Crippen molar-refractivity contribution >= 4 is 34.7 Å². The third-order valence-corrected chi connectivity index (χ3v) is 4.55. The third-order valence-electron chi connectivity index (χ3n) is 3.10. The molecule has 2 rings (SSSR count). The highest BCUT2D eigenvalue weighted by Crippen LogP contribution is 2.26. The van der Waals surface area contributed by atoms with Crippen LogP contribution in [0.25, 0.3) is 0 Å². The molecule has 1 unspecified atom stereocenters. The highest BCUT2D eigenvalue weighted by Gasteiger charge is 2.16. The Morgan fingerprint density at radius 1 is 1.61 bits per heavy atom. The van der Waals surface area contributed by atoms with Crippen molar-refractivity contribution in [1.82, 2.24) is 0 Å². The molecule has 3 N–H and O–H groups in total. The van der Waals surface area contributed by atoms with Crippen LogP contribution in [0.1, 0.15) is 12.0 Å². The number of nitrogens with one attached hydrogen (secondary N) is 1. The van der Waals surface area contributed by atoms with Crippen LogP contribution in [0.2, 0.25) is 0 Å². The SMILES string of the molecule is COc1ccc(C(N)=S)c(NCC2CCSC2)c1.